The van der Waals surface area contributed by atoms with E-state index in [1.54, 1.807) is 6.08 Å². The highest BCUT2D eigenvalue weighted by Gasteiger charge is 2.26. The number of carbonyl (C=O) groups is 1. The Hall–Kier alpha value is -0.870. The first-order valence-corrected chi connectivity index (χ1v) is 3.28. The number of allylic oxidation sites excluding steroid dienone is 1. The molecule has 0 radical (unpaired) electrons. The van der Waals surface area contributed by atoms with Gasteiger partial charge in [-0.05, 0) is 6.42 Å². The van der Waals surface area contributed by atoms with E-state index in [0.29, 0.717) is 6.42 Å². The highest BCUT2D eigenvalue weighted by Crippen LogP contribution is 2.16. The van der Waals surface area contributed by atoms with Gasteiger partial charge >= 0.3 is 0 Å². The first-order chi connectivity index (χ1) is 4.86. The molecule has 0 saturated carbocycles. The third kappa shape index (κ3) is 0.815. The van der Waals surface area contributed by atoms with Crippen molar-refractivity contribution >= 4 is 5.78 Å². The van der Waals surface area contributed by atoms with Crippen LogP contribution in [-0.2, 0) is 9.73 Å². The second-order valence-electron chi connectivity index (χ2n) is 2.48. The molecule has 1 unspecified atom stereocenters. The number of carbonyl (C=O) groups excluding carboxylic acids is 1. The highest BCUT2D eigenvalue weighted by atomic mass is 16.8. The fourth-order valence-corrected chi connectivity index (χ4v) is 1.17. The summed E-state index contributed by atoms with van der Waals surface area (Å²) in [5.74, 6) is 0.172. The van der Waals surface area contributed by atoms with Crippen molar-refractivity contribution in [2.75, 3.05) is 0 Å². The normalized spacial score (nSPS) is 31.0. The maximum absolute atomic E-state index is 10.8. The van der Waals surface area contributed by atoms with Gasteiger partial charge in [0.2, 0.25) is 0 Å². The molecule has 1 atom stereocenters. The second-order valence-corrected chi connectivity index (χ2v) is 2.48. The number of ketones is 1. The largest absolute Gasteiger partial charge is 0.295 e. The van der Waals surface area contributed by atoms with Crippen molar-refractivity contribution in [2.45, 2.75) is 18.9 Å². The van der Waals surface area contributed by atoms with Gasteiger partial charge in [0.15, 0.2) is 5.78 Å². The summed E-state index contributed by atoms with van der Waals surface area (Å²) >= 11 is 0. The molecule has 4 heteroatoms. The molecule has 2 N–H and O–H groups in total. The topological polar surface area (TPSA) is 50.4 Å². The van der Waals surface area contributed by atoms with Gasteiger partial charge in [-0.25, -0.2) is 0 Å². The van der Waals surface area contributed by atoms with Gasteiger partial charge in [-0.3, -0.25) is 10.3 Å². The van der Waals surface area contributed by atoms with Gasteiger partial charge in [-0.1, -0.05) is 0 Å². The van der Waals surface area contributed by atoms with E-state index in [0.717, 1.165) is 12.1 Å². The van der Waals surface area contributed by atoms with Crippen molar-refractivity contribution in [1.29, 1.82) is 0 Å². The fourth-order valence-electron chi connectivity index (χ4n) is 1.17. The van der Waals surface area contributed by atoms with Crippen LogP contribution in [0.1, 0.15) is 12.8 Å². The zero-order chi connectivity index (χ0) is 6.97. The van der Waals surface area contributed by atoms with Crippen LogP contribution in [0, 0.1) is 0 Å². The SMILES string of the molecule is O=C1C=C2NONC2CC1. The van der Waals surface area contributed by atoms with Crippen molar-refractivity contribution in [2.24, 2.45) is 0 Å². The summed E-state index contributed by atoms with van der Waals surface area (Å²) in [5.41, 5.74) is 6.22. The van der Waals surface area contributed by atoms with Gasteiger partial charge < -0.3 is 0 Å². The smallest absolute Gasteiger partial charge is 0.157 e. The Kier molecular flexibility index (Phi) is 1.22. The first kappa shape index (κ1) is 5.88. The Morgan fingerprint density at radius 3 is 3.50 bits per heavy atom. The predicted octanol–water partition coefficient (Wildman–Crippen LogP) is -0.359. The van der Waals surface area contributed by atoms with Crippen LogP contribution in [0.2, 0.25) is 0 Å². The highest BCUT2D eigenvalue weighted by molar-refractivity contribution is 5.91. The minimum Gasteiger partial charge on any atom is -0.295 e. The molecule has 54 valence electrons. The minimum absolute atomic E-state index is 0.172. The summed E-state index contributed by atoms with van der Waals surface area (Å²) in [5, 5.41) is 0. The lowest BCUT2D eigenvalue weighted by molar-refractivity contribution is -0.115. The van der Waals surface area contributed by atoms with Crippen LogP contribution < -0.4 is 11.0 Å². The maximum atomic E-state index is 10.8. The molecule has 4 nitrogen and oxygen atoms in total. The standard InChI is InChI=1S/C6H8N2O2/c9-4-1-2-5-6(3-4)8-10-7-5/h3,5,7-8H,1-2H2. The molecule has 1 saturated heterocycles. The van der Waals surface area contributed by atoms with Gasteiger partial charge in [0, 0.05) is 12.5 Å². The lowest BCUT2D eigenvalue weighted by Gasteiger charge is -2.11. The minimum atomic E-state index is 0.172. The monoisotopic (exact) mass is 140 g/mol. The summed E-state index contributed by atoms with van der Waals surface area (Å²) in [6, 6.07) is 0.206. The molecule has 1 aliphatic heterocycles. The lowest BCUT2D eigenvalue weighted by atomic mass is 10.00. The van der Waals surface area contributed by atoms with Gasteiger partial charge in [0.25, 0.3) is 0 Å². The van der Waals surface area contributed by atoms with E-state index in [9.17, 15) is 4.79 Å². The van der Waals surface area contributed by atoms with Crippen LogP contribution >= 0.6 is 0 Å². The summed E-state index contributed by atoms with van der Waals surface area (Å²) in [4.78, 5) is 15.5. The molecule has 10 heavy (non-hydrogen) atoms. The first-order valence-electron chi connectivity index (χ1n) is 3.28. The van der Waals surface area contributed by atoms with Gasteiger partial charge in [0.1, 0.15) is 0 Å². The van der Waals surface area contributed by atoms with Crippen LogP contribution in [-0.4, -0.2) is 11.8 Å². The molecule has 0 aromatic carbocycles. The third-order valence-corrected chi connectivity index (χ3v) is 1.74. The van der Waals surface area contributed by atoms with E-state index in [1.165, 1.54) is 0 Å². The van der Waals surface area contributed by atoms with Crippen LogP contribution in [0.25, 0.3) is 0 Å². The number of hydroxylamine groups is 2. The second kappa shape index (κ2) is 2.07. The summed E-state index contributed by atoms with van der Waals surface area (Å²) in [6.07, 6.45) is 3.04. The number of rotatable bonds is 0. The van der Waals surface area contributed by atoms with E-state index in [4.69, 9.17) is 4.94 Å². The maximum Gasteiger partial charge on any atom is 0.157 e. The van der Waals surface area contributed by atoms with Crippen molar-refractivity contribution in [3.8, 4) is 0 Å². The zero-order valence-electron chi connectivity index (χ0n) is 5.39. The predicted molar refractivity (Wildman–Crippen MR) is 33.5 cm³/mol. The number of nitrogens with one attached hydrogen (secondary N) is 2. The summed E-state index contributed by atoms with van der Waals surface area (Å²) < 4.78 is 0. The van der Waals surface area contributed by atoms with Crippen molar-refractivity contribution in [3.63, 3.8) is 0 Å². The summed E-state index contributed by atoms with van der Waals surface area (Å²) in [6.45, 7) is 0. The van der Waals surface area contributed by atoms with Crippen LogP contribution in [0.5, 0.6) is 0 Å². The van der Waals surface area contributed by atoms with E-state index in [1.807, 2.05) is 0 Å². The van der Waals surface area contributed by atoms with Crippen LogP contribution in [0.4, 0.5) is 0 Å². The Morgan fingerprint density at radius 2 is 2.60 bits per heavy atom. The van der Waals surface area contributed by atoms with Crippen molar-refractivity contribution in [1.82, 2.24) is 11.0 Å². The lowest BCUT2D eigenvalue weighted by Crippen LogP contribution is -2.25. The van der Waals surface area contributed by atoms with Gasteiger partial charge in [-0.15, -0.1) is 0 Å². The molecule has 2 aliphatic rings. The molecule has 0 bridgehead atoms. The number of hydrogen-bond acceptors (Lipinski definition) is 4. The van der Waals surface area contributed by atoms with E-state index >= 15 is 0 Å². The molecule has 0 aromatic rings. The molecule has 1 heterocycles. The average Bonchev–Trinajstić information content (AvgIpc) is 2.33. The summed E-state index contributed by atoms with van der Waals surface area (Å²) in [7, 11) is 0. The quantitative estimate of drug-likeness (QED) is 0.482. The zero-order valence-corrected chi connectivity index (χ0v) is 5.39. The Morgan fingerprint density at radius 1 is 1.70 bits per heavy atom. The number of fused-ring (bicyclic) bond motifs is 1. The van der Waals surface area contributed by atoms with E-state index in [-0.39, 0.29) is 11.8 Å². The molecule has 0 amide bonds. The molecule has 0 spiro atoms. The Labute approximate surface area is 58.1 Å². The molecule has 2 rings (SSSR count). The Bertz CT molecular complexity index is 200. The van der Waals surface area contributed by atoms with E-state index < -0.39 is 0 Å². The van der Waals surface area contributed by atoms with Crippen LogP contribution in [0.3, 0.4) is 0 Å². The molecular weight excluding hydrogens is 132 g/mol. The van der Waals surface area contributed by atoms with E-state index in [2.05, 4.69) is 11.0 Å². The fraction of sp³-hybridized carbons (Fsp3) is 0.500. The average molecular weight is 140 g/mol. The van der Waals surface area contributed by atoms with Crippen molar-refractivity contribution in [3.05, 3.63) is 11.8 Å². The molecule has 1 aliphatic carbocycles. The molecular formula is C6H8N2O2. The van der Waals surface area contributed by atoms with Gasteiger partial charge in [-0.2, -0.15) is 10.4 Å². The molecule has 1 fully saturated rings. The Balaban J connectivity index is 2.23. The molecule has 0 aromatic heterocycles. The van der Waals surface area contributed by atoms with Crippen LogP contribution in [0.15, 0.2) is 11.8 Å². The van der Waals surface area contributed by atoms with Gasteiger partial charge in [0.05, 0.1) is 11.7 Å². The third-order valence-electron chi connectivity index (χ3n) is 1.74. The van der Waals surface area contributed by atoms with Crippen molar-refractivity contribution < 1.29 is 9.73 Å². The number of hydrogen-bond donors (Lipinski definition) is 2.